The fourth-order valence-electron chi connectivity index (χ4n) is 1.97. The van der Waals surface area contributed by atoms with E-state index in [1.807, 2.05) is 0 Å². The molecule has 0 radical (unpaired) electrons. The average Bonchev–Trinajstić information content (AvgIpc) is 2.68. The predicted octanol–water partition coefficient (Wildman–Crippen LogP) is 2.97. The lowest BCUT2D eigenvalue weighted by molar-refractivity contribution is 0.358. The first-order chi connectivity index (χ1) is 7.70. The average molecular weight is 216 g/mol. The molecule has 0 aliphatic rings. The molecule has 0 bridgehead atoms. The molecule has 86 valence electrons. The normalized spacial score (nSPS) is 11.5. The number of fused-ring (bicyclic) bond motifs is 1. The van der Waals surface area contributed by atoms with Gasteiger partial charge in [0, 0.05) is 23.6 Å². The minimum absolute atomic E-state index is 1.11. The SMILES string of the molecule is CCN(C)CCc1c[nH]c2ccc(C)cc12. The van der Waals surface area contributed by atoms with E-state index in [0.29, 0.717) is 0 Å². The second-order valence-electron chi connectivity index (χ2n) is 4.51. The van der Waals surface area contributed by atoms with Crippen LogP contribution in [0.1, 0.15) is 18.1 Å². The number of nitrogens with zero attached hydrogens (tertiary/aromatic N) is 1. The highest BCUT2D eigenvalue weighted by atomic mass is 15.1. The number of rotatable bonds is 4. The van der Waals surface area contributed by atoms with Crippen molar-refractivity contribution in [3.05, 3.63) is 35.5 Å². The van der Waals surface area contributed by atoms with Gasteiger partial charge in [0.2, 0.25) is 0 Å². The Labute approximate surface area is 97.3 Å². The summed E-state index contributed by atoms with van der Waals surface area (Å²) in [5, 5.41) is 1.38. The van der Waals surface area contributed by atoms with Crippen molar-refractivity contribution in [2.45, 2.75) is 20.3 Å². The first-order valence-electron chi connectivity index (χ1n) is 5.96. The summed E-state index contributed by atoms with van der Waals surface area (Å²) in [6.45, 7) is 6.58. The third-order valence-electron chi connectivity index (χ3n) is 3.23. The van der Waals surface area contributed by atoms with Gasteiger partial charge in [-0.25, -0.2) is 0 Å². The largest absolute Gasteiger partial charge is 0.361 e. The number of hydrogen-bond acceptors (Lipinski definition) is 1. The molecule has 2 aromatic rings. The van der Waals surface area contributed by atoms with Gasteiger partial charge in [-0.05, 0) is 44.6 Å². The van der Waals surface area contributed by atoms with Gasteiger partial charge in [0.05, 0.1) is 0 Å². The standard InChI is InChI=1S/C14H20N2/c1-4-16(3)8-7-12-10-15-14-6-5-11(2)9-13(12)14/h5-6,9-10,15H,4,7-8H2,1-3H3. The van der Waals surface area contributed by atoms with Gasteiger partial charge in [0.25, 0.3) is 0 Å². The number of likely N-dealkylation sites (N-methyl/N-ethyl adjacent to an activating group) is 1. The van der Waals surface area contributed by atoms with E-state index in [4.69, 9.17) is 0 Å². The first kappa shape index (κ1) is 11.2. The maximum Gasteiger partial charge on any atom is 0.0456 e. The third-order valence-corrected chi connectivity index (χ3v) is 3.23. The van der Waals surface area contributed by atoms with Gasteiger partial charge in [-0.2, -0.15) is 0 Å². The molecule has 0 unspecified atom stereocenters. The minimum Gasteiger partial charge on any atom is -0.361 e. The summed E-state index contributed by atoms with van der Waals surface area (Å²) in [5.74, 6) is 0. The van der Waals surface area contributed by atoms with Crippen molar-refractivity contribution in [1.82, 2.24) is 9.88 Å². The molecule has 0 saturated heterocycles. The van der Waals surface area contributed by atoms with Crippen molar-refractivity contribution in [3.63, 3.8) is 0 Å². The lowest BCUT2D eigenvalue weighted by Crippen LogP contribution is -2.20. The van der Waals surface area contributed by atoms with E-state index in [1.54, 1.807) is 0 Å². The quantitative estimate of drug-likeness (QED) is 0.832. The van der Waals surface area contributed by atoms with E-state index in [2.05, 4.69) is 55.2 Å². The second-order valence-corrected chi connectivity index (χ2v) is 4.51. The van der Waals surface area contributed by atoms with E-state index >= 15 is 0 Å². The van der Waals surface area contributed by atoms with Crippen LogP contribution in [0.4, 0.5) is 0 Å². The fourth-order valence-corrected chi connectivity index (χ4v) is 1.97. The van der Waals surface area contributed by atoms with E-state index in [0.717, 1.165) is 19.5 Å². The minimum atomic E-state index is 1.11. The maximum absolute atomic E-state index is 3.34. The van der Waals surface area contributed by atoms with Gasteiger partial charge in [-0.1, -0.05) is 18.6 Å². The van der Waals surface area contributed by atoms with Gasteiger partial charge in [0.1, 0.15) is 0 Å². The molecule has 1 N–H and O–H groups in total. The summed E-state index contributed by atoms with van der Waals surface area (Å²) in [5.41, 5.74) is 4.01. The fraction of sp³-hybridized carbons (Fsp3) is 0.429. The highest BCUT2D eigenvalue weighted by Crippen LogP contribution is 2.20. The van der Waals surface area contributed by atoms with Crippen LogP contribution in [-0.2, 0) is 6.42 Å². The third kappa shape index (κ3) is 2.27. The van der Waals surface area contributed by atoms with Crippen LogP contribution in [0, 0.1) is 6.92 Å². The van der Waals surface area contributed by atoms with Crippen LogP contribution >= 0.6 is 0 Å². The molecule has 2 nitrogen and oxygen atoms in total. The topological polar surface area (TPSA) is 19.0 Å². The highest BCUT2D eigenvalue weighted by Gasteiger charge is 2.04. The molecule has 1 heterocycles. The summed E-state index contributed by atoms with van der Waals surface area (Å²) in [7, 11) is 2.17. The molecule has 0 fully saturated rings. The number of aryl methyl sites for hydroxylation is 1. The Morgan fingerprint density at radius 3 is 2.88 bits per heavy atom. The number of hydrogen-bond donors (Lipinski definition) is 1. The van der Waals surface area contributed by atoms with Crippen molar-refractivity contribution >= 4 is 10.9 Å². The zero-order valence-electron chi connectivity index (χ0n) is 10.4. The molecule has 0 aliphatic heterocycles. The highest BCUT2D eigenvalue weighted by molar-refractivity contribution is 5.83. The van der Waals surface area contributed by atoms with E-state index in [-0.39, 0.29) is 0 Å². The summed E-state index contributed by atoms with van der Waals surface area (Å²) >= 11 is 0. The van der Waals surface area contributed by atoms with Gasteiger partial charge < -0.3 is 9.88 Å². The Bertz CT molecular complexity index is 471. The molecule has 1 aromatic heterocycles. The molecule has 0 spiro atoms. The summed E-state index contributed by atoms with van der Waals surface area (Å²) in [6.07, 6.45) is 3.27. The molecule has 16 heavy (non-hydrogen) atoms. The van der Waals surface area contributed by atoms with Gasteiger partial charge in [-0.15, -0.1) is 0 Å². The zero-order chi connectivity index (χ0) is 11.5. The Balaban J connectivity index is 2.21. The van der Waals surface area contributed by atoms with E-state index < -0.39 is 0 Å². The van der Waals surface area contributed by atoms with Crippen molar-refractivity contribution in [1.29, 1.82) is 0 Å². The molecule has 1 aromatic carbocycles. The van der Waals surface area contributed by atoms with Gasteiger partial charge >= 0.3 is 0 Å². The molecular weight excluding hydrogens is 196 g/mol. The molecule has 2 rings (SSSR count). The molecule has 0 atom stereocenters. The predicted molar refractivity (Wildman–Crippen MR) is 69.9 cm³/mol. The van der Waals surface area contributed by atoms with E-state index in [9.17, 15) is 0 Å². The van der Waals surface area contributed by atoms with Crippen LogP contribution in [0.3, 0.4) is 0 Å². The summed E-state index contributed by atoms with van der Waals surface area (Å²) in [6, 6.07) is 6.59. The van der Waals surface area contributed by atoms with Crippen molar-refractivity contribution in [2.75, 3.05) is 20.1 Å². The molecule has 2 heteroatoms. The molecular formula is C14H20N2. The zero-order valence-corrected chi connectivity index (χ0v) is 10.4. The van der Waals surface area contributed by atoms with Crippen molar-refractivity contribution in [3.8, 4) is 0 Å². The van der Waals surface area contributed by atoms with Crippen LogP contribution in [0.5, 0.6) is 0 Å². The van der Waals surface area contributed by atoms with Crippen LogP contribution in [0.15, 0.2) is 24.4 Å². The Hall–Kier alpha value is -1.28. The number of benzene rings is 1. The number of aromatic nitrogens is 1. The van der Waals surface area contributed by atoms with Crippen LogP contribution in [0.2, 0.25) is 0 Å². The summed E-state index contributed by atoms with van der Waals surface area (Å²) in [4.78, 5) is 5.68. The summed E-state index contributed by atoms with van der Waals surface area (Å²) < 4.78 is 0. The van der Waals surface area contributed by atoms with Crippen LogP contribution < -0.4 is 0 Å². The lowest BCUT2D eigenvalue weighted by Gasteiger charge is -2.12. The van der Waals surface area contributed by atoms with Crippen molar-refractivity contribution < 1.29 is 0 Å². The molecule has 0 saturated carbocycles. The number of aromatic amines is 1. The number of nitrogens with one attached hydrogen (secondary N) is 1. The maximum atomic E-state index is 3.34. The monoisotopic (exact) mass is 216 g/mol. The number of H-pyrrole nitrogens is 1. The lowest BCUT2D eigenvalue weighted by atomic mass is 10.1. The Kier molecular flexibility index (Phi) is 3.30. The Morgan fingerprint density at radius 1 is 1.31 bits per heavy atom. The van der Waals surface area contributed by atoms with Gasteiger partial charge in [-0.3, -0.25) is 0 Å². The van der Waals surface area contributed by atoms with Crippen LogP contribution in [-0.4, -0.2) is 30.0 Å². The molecule has 0 aliphatic carbocycles. The smallest absolute Gasteiger partial charge is 0.0456 e. The van der Waals surface area contributed by atoms with Crippen LogP contribution in [0.25, 0.3) is 10.9 Å². The van der Waals surface area contributed by atoms with Gasteiger partial charge in [0.15, 0.2) is 0 Å². The Morgan fingerprint density at radius 2 is 2.12 bits per heavy atom. The second kappa shape index (κ2) is 4.71. The van der Waals surface area contributed by atoms with Crippen molar-refractivity contribution in [2.24, 2.45) is 0 Å². The first-order valence-corrected chi connectivity index (χ1v) is 5.96. The van der Waals surface area contributed by atoms with E-state index in [1.165, 1.54) is 22.0 Å². The molecule has 0 amide bonds.